The molecule has 19 nitrogen and oxygen atoms in total. The van der Waals surface area contributed by atoms with Gasteiger partial charge in [0.1, 0.15) is 23.7 Å². The van der Waals surface area contributed by atoms with Crippen LogP contribution in [0.1, 0.15) is 114 Å². The maximum Gasteiger partial charge on any atom is 0.411 e. The van der Waals surface area contributed by atoms with Crippen molar-refractivity contribution in [1.29, 1.82) is 0 Å². The number of methoxy groups -OCH3 is 2. The second kappa shape index (κ2) is 26.5. The summed E-state index contributed by atoms with van der Waals surface area (Å²) < 4.78 is 122. The maximum atomic E-state index is 12.9. The zero-order valence-electron chi connectivity index (χ0n) is 52.1. The summed E-state index contributed by atoms with van der Waals surface area (Å²) in [6, 6.07) is 32.1. The minimum atomic E-state index is -4.11. The quantitative estimate of drug-likeness (QED) is 0.0640. The van der Waals surface area contributed by atoms with Gasteiger partial charge in [-0.1, -0.05) is 48.5 Å². The highest BCUT2D eigenvalue weighted by atomic mass is 32.2. The van der Waals surface area contributed by atoms with E-state index in [1.54, 1.807) is 105 Å². The largest absolute Gasteiger partial charge is 0.496 e. The summed E-state index contributed by atoms with van der Waals surface area (Å²) in [7, 11) is -4.76. The molecule has 0 spiro atoms. The second-order valence-electron chi connectivity index (χ2n) is 20.1. The lowest BCUT2D eigenvalue weighted by Crippen LogP contribution is -2.31. The van der Waals surface area contributed by atoms with Crippen LogP contribution in [0.3, 0.4) is 0 Å². The molecule has 2 aliphatic rings. The highest BCUT2D eigenvalue weighted by Gasteiger charge is 2.24. The van der Waals surface area contributed by atoms with Gasteiger partial charge >= 0.3 is 18.2 Å². The molecule has 21 heteroatoms. The van der Waals surface area contributed by atoms with Crippen LogP contribution in [0.25, 0.3) is 21.8 Å². The van der Waals surface area contributed by atoms with Crippen molar-refractivity contribution in [2.45, 2.75) is 100 Å². The molecule has 6 N–H and O–H groups in total. The lowest BCUT2D eigenvalue weighted by atomic mass is 10.0. The average Bonchev–Trinajstić information content (AvgIpc) is 1.71. The molecule has 0 atom stereocenters. The normalized spacial score (nSPS) is 14.9. The number of carboxylic acid groups (broad SMARTS) is 1. The van der Waals surface area contributed by atoms with Crippen LogP contribution in [0.2, 0.25) is 0 Å². The number of carboxylic acids is 1. The molecule has 83 heavy (non-hydrogen) atoms. The number of hydrogen-bond donors (Lipinski definition) is 5. The van der Waals surface area contributed by atoms with Crippen LogP contribution < -0.4 is 30.0 Å². The van der Waals surface area contributed by atoms with Gasteiger partial charge in [0.2, 0.25) is 10.0 Å². The first-order valence-corrected chi connectivity index (χ1v) is 29.6. The monoisotopic (exact) mass is 1170 g/mol. The van der Waals surface area contributed by atoms with Gasteiger partial charge in [-0.25, -0.2) is 41.1 Å². The fraction of sp³-hybridized carbons (Fsp3) is 0.290. The van der Waals surface area contributed by atoms with Crippen LogP contribution in [-0.2, 0) is 56.3 Å². The van der Waals surface area contributed by atoms with E-state index in [0.717, 1.165) is 51.4 Å². The Bertz CT molecular complexity index is 4180. The van der Waals surface area contributed by atoms with Crippen molar-refractivity contribution < 1.29 is 68.3 Å². The van der Waals surface area contributed by atoms with Gasteiger partial charge in [-0.2, -0.15) is 0 Å². The van der Waals surface area contributed by atoms with Gasteiger partial charge in [0.25, 0.3) is 15.9 Å². The molecule has 0 radical (unpaired) electrons. The van der Waals surface area contributed by atoms with Crippen LogP contribution in [0, 0.1) is 13.8 Å². The van der Waals surface area contributed by atoms with Crippen LogP contribution in [0.4, 0.5) is 21.0 Å². The lowest BCUT2D eigenvalue weighted by Gasteiger charge is -2.13. The number of sulfonamides is 2. The number of rotatable bonds is 15. The van der Waals surface area contributed by atoms with E-state index in [4.69, 9.17) is 32.3 Å². The molecule has 2 heterocycles. The second-order valence-corrected chi connectivity index (χ2v) is 23.3. The Morgan fingerprint density at radius 1 is 0.590 bits per heavy atom. The van der Waals surface area contributed by atoms with E-state index in [9.17, 15) is 41.1 Å². The number of carbonyl (C=O) groups excluding carboxylic acids is 3. The smallest absolute Gasteiger partial charge is 0.411 e. The third-order valence-corrected chi connectivity index (χ3v) is 16.8. The Morgan fingerprint density at radius 2 is 1.02 bits per heavy atom. The van der Waals surface area contributed by atoms with Gasteiger partial charge in [0.15, 0.2) is 0 Å². The number of primary sulfonamides is 1. The van der Waals surface area contributed by atoms with Gasteiger partial charge in [0.05, 0.1) is 29.6 Å². The number of fused-ring (bicyclic) bond motifs is 2. The van der Waals surface area contributed by atoms with Crippen molar-refractivity contribution in [2.24, 2.45) is 19.1 Å². The van der Waals surface area contributed by atoms with Crippen molar-refractivity contribution in [3.05, 3.63) is 178 Å². The van der Waals surface area contributed by atoms with Crippen LogP contribution >= 0.6 is 0 Å². The number of aromatic carboxylic acids is 1. The number of ether oxygens (including phenoxy) is 4. The van der Waals surface area contributed by atoms with Crippen molar-refractivity contribution in [1.82, 2.24) is 13.9 Å². The Morgan fingerprint density at radius 3 is 1.43 bits per heavy atom. The molecule has 10 rings (SSSR count). The van der Waals surface area contributed by atoms with Gasteiger partial charge in [-0.15, -0.1) is 0 Å². The SMILES string of the molecule is Cc1ccccc1S(N)(=O)=O.[2H]C([2H])([2H])n1cc(Cc2ccc(C(=O)NS(=O)(=O)c3ccccc3C)cc2OC)c2cc(NC(=O)OC3CCCC3)ccc21.[2H]C([2H])([2H])n1cc(Cc2ccc(C(=O)O)cc2OC)c2cc(NC(=O)OC3CCCC3)ccc21. The number of nitrogens with one attached hydrogen (secondary N) is 3. The summed E-state index contributed by atoms with van der Waals surface area (Å²) in [6.07, 6.45) is 9.89. The summed E-state index contributed by atoms with van der Waals surface area (Å²) in [6.45, 7) is -1.51. The van der Waals surface area contributed by atoms with Gasteiger partial charge in [-0.05, 0) is 171 Å². The highest BCUT2D eigenvalue weighted by Crippen LogP contribution is 2.33. The molecule has 436 valence electrons. The van der Waals surface area contributed by atoms with E-state index < -0.39 is 58.1 Å². The van der Waals surface area contributed by atoms with E-state index >= 15 is 0 Å². The maximum absolute atomic E-state index is 12.9. The molecule has 8 aromatic rings. The van der Waals surface area contributed by atoms with Crippen LogP contribution in [0.15, 0.2) is 144 Å². The Hall–Kier alpha value is -8.66. The van der Waals surface area contributed by atoms with E-state index in [-0.39, 0.29) is 39.5 Å². The number of aromatic nitrogens is 2. The number of nitrogens with zero attached hydrogens (tertiary/aromatic N) is 2. The fourth-order valence-corrected chi connectivity index (χ4v) is 12.1. The molecule has 0 unspecified atom stereocenters. The first kappa shape index (κ1) is 52.4. The number of anilines is 2. The molecule has 0 aliphatic heterocycles. The van der Waals surface area contributed by atoms with E-state index in [2.05, 4.69) is 15.4 Å². The van der Waals surface area contributed by atoms with Crippen molar-refractivity contribution in [3.63, 3.8) is 0 Å². The van der Waals surface area contributed by atoms with Crippen molar-refractivity contribution >= 4 is 77.3 Å². The first-order valence-electron chi connectivity index (χ1n) is 29.6. The average molecular weight is 1180 g/mol. The predicted molar refractivity (Wildman–Crippen MR) is 317 cm³/mol. The third kappa shape index (κ3) is 15.3. The molecular weight excluding hydrogens is 1100 g/mol. The molecule has 2 aromatic heterocycles. The standard InChI is InChI=1S/C31H33N3O6S.C24H26N2O5.C7H9NO2S/c1-20-8-4-7-11-29(20)41(37,38)33-30(35)22-13-12-21(28(17-22)39-3)16-23-19-34(2)27-15-14-24(18-26(23)27)32-31(36)40-25-9-5-6-10-25;1-26-14-17(11-15-7-8-16(23(27)28)12-22(15)30-2)20-13-18(9-10-21(20)26)25-24(29)31-19-5-3-4-6-19;1-6-4-2-3-5-7(6)11(8,9)10/h4,7-8,11-15,17-19,25H,5-6,9-10,16H2,1-3H3,(H,32,36)(H,33,35);7-10,12-14,19H,3-6,11H2,1-2H3,(H,25,29)(H,27,28);2-5H,1H3,(H2,8,9,10)/i2D3;1D3;. The first-order chi connectivity index (χ1) is 42.0. The van der Waals surface area contributed by atoms with Gasteiger partial charge < -0.3 is 33.2 Å². The fourth-order valence-electron chi connectivity index (χ4n) is 10.1. The van der Waals surface area contributed by atoms with Gasteiger partial charge in [0, 0.05) is 86.2 Å². The molecule has 2 saturated carbocycles. The van der Waals surface area contributed by atoms with Crippen molar-refractivity contribution in [2.75, 3.05) is 24.9 Å². The van der Waals surface area contributed by atoms with Crippen LogP contribution in [0.5, 0.6) is 11.5 Å². The number of carbonyl (C=O) groups is 4. The van der Waals surface area contributed by atoms with Crippen LogP contribution in [-0.4, -0.2) is 81.6 Å². The Labute approximate surface area is 491 Å². The summed E-state index contributed by atoms with van der Waals surface area (Å²) in [5.41, 5.74) is 5.91. The molecule has 3 amide bonds. The van der Waals surface area contributed by atoms with E-state index in [0.29, 0.717) is 84.5 Å². The zero-order chi connectivity index (χ0) is 64.6. The van der Waals surface area contributed by atoms with E-state index in [1.807, 2.05) is 0 Å². The van der Waals surface area contributed by atoms with Gasteiger partial charge in [-0.3, -0.25) is 15.4 Å². The summed E-state index contributed by atoms with van der Waals surface area (Å²) >= 11 is 0. The Kier molecular flexibility index (Phi) is 16.7. The predicted octanol–water partition coefficient (Wildman–Crippen LogP) is 11.3. The van der Waals surface area contributed by atoms with Crippen molar-refractivity contribution in [3.8, 4) is 11.5 Å². The molecule has 6 aromatic carbocycles. The number of amides is 3. The number of hydrogen-bond acceptors (Lipinski definition) is 12. The number of aryl methyl sites for hydroxylation is 4. The summed E-state index contributed by atoms with van der Waals surface area (Å²) in [5.74, 6) is -1.18. The molecule has 0 saturated heterocycles. The molecule has 0 bridgehead atoms. The number of nitrogens with two attached hydrogens (primary N) is 1. The highest BCUT2D eigenvalue weighted by molar-refractivity contribution is 7.90. The Balaban J connectivity index is 0.000000201. The third-order valence-electron chi connectivity index (χ3n) is 14.3. The molecule has 2 fully saturated rings. The molecule has 2 aliphatic carbocycles. The molecular formula is C62H68N6O13S2. The van der Waals surface area contributed by atoms with E-state index in [1.165, 1.54) is 65.9 Å². The minimum absolute atomic E-state index is 0.00300. The topological polar surface area (TPSA) is 266 Å². The lowest BCUT2D eigenvalue weighted by molar-refractivity contribution is 0.0695. The number of benzene rings is 6. The summed E-state index contributed by atoms with van der Waals surface area (Å²) in [5, 5.41) is 20.9. The minimum Gasteiger partial charge on any atom is -0.496 e. The zero-order valence-corrected chi connectivity index (χ0v) is 47.7. The summed E-state index contributed by atoms with van der Waals surface area (Å²) in [4.78, 5) is 49.2.